The van der Waals surface area contributed by atoms with Crippen molar-refractivity contribution in [2.45, 2.75) is 0 Å². The third kappa shape index (κ3) is 1.75. The molecule has 0 fully saturated rings. The van der Waals surface area contributed by atoms with E-state index in [1.54, 1.807) is 30.1 Å². The molecule has 0 saturated carbocycles. The molecule has 0 radical (unpaired) electrons. The average Bonchev–Trinajstić information content (AvgIpc) is 2.84. The fourth-order valence-electron chi connectivity index (χ4n) is 1.16. The number of ketones is 1. The van der Waals surface area contributed by atoms with E-state index in [1.165, 1.54) is 7.11 Å². The van der Waals surface area contributed by atoms with Crippen LogP contribution < -0.4 is 4.74 Å². The summed E-state index contributed by atoms with van der Waals surface area (Å²) in [6.07, 6.45) is 3.32. The Hall–Kier alpha value is -1.69. The van der Waals surface area contributed by atoms with Crippen molar-refractivity contribution in [1.82, 2.24) is 13.9 Å². The molecule has 0 unspecified atom stereocenters. The molecule has 15 heavy (non-hydrogen) atoms. The maximum absolute atomic E-state index is 11.9. The number of carbonyl (C=O) groups excluding carboxylic acids is 1. The summed E-state index contributed by atoms with van der Waals surface area (Å²) in [7, 11) is 3.29. The Bertz CT molecular complexity index is 489. The van der Waals surface area contributed by atoms with Gasteiger partial charge in [0.05, 0.1) is 7.11 Å². The zero-order chi connectivity index (χ0) is 10.8. The van der Waals surface area contributed by atoms with E-state index in [9.17, 15) is 4.79 Å². The van der Waals surface area contributed by atoms with Gasteiger partial charge in [-0.2, -0.15) is 4.37 Å². The lowest BCUT2D eigenvalue weighted by molar-refractivity contribution is 0.103. The van der Waals surface area contributed by atoms with Gasteiger partial charge in [-0.1, -0.05) is 0 Å². The van der Waals surface area contributed by atoms with Gasteiger partial charge in [-0.25, -0.2) is 4.98 Å². The summed E-state index contributed by atoms with van der Waals surface area (Å²) in [6.45, 7) is 0. The van der Waals surface area contributed by atoms with Crippen molar-refractivity contribution in [2.24, 2.45) is 7.05 Å². The van der Waals surface area contributed by atoms with E-state index in [0.29, 0.717) is 16.6 Å². The molecule has 0 atom stereocenters. The van der Waals surface area contributed by atoms with Gasteiger partial charge < -0.3 is 9.30 Å². The highest BCUT2D eigenvalue weighted by molar-refractivity contribution is 7.08. The molecule has 0 aliphatic rings. The Morgan fingerprint density at radius 2 is 2.40 bits per heavy atom. The molecule has 2 aromatic rings. The lowest BCUT2D eigenvalue weighted by atomic mass is 10.3. The maximum Gasteiger partial charge on any atom is 0.240 e. The van der Waals surface area contributed by atoms with Crippen molar-refractivity contribution >= 4 is 17.3 Å². The Morgan fingerprint density at radius 1 is 1.60 bits per heavy atom. The van der Waals surface area contributed by atoms with Crippen molar-refractivity contribution in [1.29, 1.82) is 0 Å². The van der Waals surface area contributed by atoms with E-state index in [1.807, 2.05) is 0 Å². The summed E-state index contributed by atoms with van der Waals surface area (Å²) in [5.74, 6) is 0.724. The smallest absolute Gasteiger partial charge is 0.240 e. The number of hydrogen-bond acceptors (Lipinski definition) is 5. The number of rotatable bonds is 3. The number of ether oxygens (including phenoxy) is 1. The first-order valence-electron chi connectivity index (χ1n) is 4.25. The van der Waals surface area contributed by atoms with Crippen LogP contribution in [0, 0.1) is 0 Å². The number of aromatic nitrogens is 3. The van der Waals surface area contributed by atoms with Crippen molar-refractivity contribution in [3.05, 3.63) is 29.2 Å². The van der Waals surface area contributed by atoms with Gasteiger partial charge in [-0.3, -0.25) is 4.79 Å². The zero-order valence-corrected chi connectivity index (χ0v) is 9.11. The fourth-order valence-corrected chi connectivity index (χ4v) is 1.80. The van der Waals surface area contributed by atoms with Gasteiger partial charge in [-0.15, -0.1) is 0 Å². The summed E-state index contributed by atoms with van der Waals surface area (Å²) < 4.78 is 10.5. The molecule has 0 aliphatic heterocycles. The first-order valence-corrected chi connectivity index (χ1v) is 5.02. The minimum Gasteiger partial charge on any atom is -0.480 e. The quantitative estimate of drug-likeness (QED) is 0.731. The van der Waals surface area contributed by atoms with Crippen LogP contribution in [0.2, 0.25) is 0 Å². The Kier molecular flexibility index (Phi) is 2.51. The SMILES string of the molecule is COc1cc(C(=O)c2nccn2C)sn1. The maximum atomic E-state index is 11.9. The van der Waals surface area contributed by atoms with Gasteiger partial charge in [0.2, 0.25) is 11.7 Å². The van der Waals surface area contributed by atoms with E-state index in [4.69, 9.17) is 4.74 Å². The molecular formula is C9H9N3O2S. The van der Waals surface area contributed by atoms with Crippen LogP contribution >= 0.6 is 11.5 Å². The molecule has 0 saturated heterocycles. The van der Waals surface area contributed by atoms with Gasteiger partial charge in [0, 0.05) is 25.5 Å². The van der Waals surface area contributed by atoms with Gasteiger partial charge >= 0.3 is 0 Å². The predicted octanol–water partition coefficient (Wildman–Crippen LogP) is 1.12. The topological polar surface area (TPSA) is 57.0 Å². The fraction of sp³-hybridized carbons (Fsp3) is 0.222. The largest absolute Gasteiger partial charge is 0.480 e. The van der Waals surface area contributed by atoms with Crippen LogP contribution in [0.15, 0.2) is 18.5 Å². The molecule has 2 rings (SSSR count). The second-order valence-electron chi connectivity index (χ2n) is 2.92. The molecule has 0 amide bonds. The number of imidazole rings is 1. The number of aryl methyl sites for hydroxylation is 1. The van der Waals surface area contributed by atoms with Gasteiger partial charge in [-0.05, 0) is 11.5 Å². The Balaban J connectivity index is 2.32. The van der Waals surface area contributed by atoms with E-state index in [2.05, 4.69) is 9.36 Å². The summed E-state index contributed by atoms with van der Waals surface area (Å²) in [6, 6.07) is 1.61. The van der Waals surface area contributed by atoms with E-state index in [-0.39, 0.29) is 5.78 Å². The average molecular weight is 223 g/mol. The molecule has 78 valence electrons. The second-order valence-corrected chi connectivity index (χ2v) is 3.73. The zero-order valence-electron chi connectivity index (χ0n) is 8.30. The molecular weight excluding hydrogens is 214 g/mol. The normalized spacial score (nSPS) is 10.3. The molecule has 0 aromatic carbocycles. The highest BCUT2D eigenvalue weighted by Gasteiger charge is 2.16. The number of methoxy groups -OCH3 is 1. The monoisotopic (exact) mass is 223 g/mol. The van der Waals surface area contributed by atoms with Crippen LogP contribution in [-0.2, 0) is 7.05 Å². The van der Waals surface area contributed by atoms with Crippen molar-refractivity contribution in [3.63, 3.8) is 0 Å². The van der Waals surface area contributed by atoms with Crippen LogP contribution in [0.5, 0.6) is 5.88 Å². The van der Waals surface area contributed by atoms with Crippen LogP contribution in [0.1, 0.15) is 15.5 Å². The van der Waals surface area contributed by atoms with E-state index < -0.39 is 0 Å². The number of carbonyl (C=O) groups is 1. The van der Waals surface area contributed by atoms with Crippen LogP contribution in [0.4, 0.5) is 0 Å². The summed E-state index contributed by atoms with van der Waals surface area (Å²) >= 11 is 1.11. The van der Waals surface area contributed by atoms with Gasteiger partial charge in [0.15, 0.2) is 5.82 Å². The molecule has 2 heterocycles. The van der Waals surface area contributed by atoms with Crippen molar-refractivity contribution in [2.75, 3.05) is 7.11 Å². The molecule has 5 nitrogen and oxygen atoms in total. The third-order valence-corrected chi connectivity index (χ3v) is 2.72. The van der Waals surface area contributed by atoms with E-state index >= 15 is 0 Å². The lowest BCUT2D eigenvalue weighted by Gasteiger charge is -1.96. The third-order valence-electron chi connectivity index (χ3n) is 1.95. The molecule has 0 aliphatic carbocycles. The van der Waals surface area contributed by atoms with Crippen molar-refractivity contribution in [3.8, 4) is 5.88 Å². The molecule has 0 N–H and O–H groups in total. The predicted molar refractivity (Wildman–Crippen MR) is 55.3 cm³/mol. The molecule has 0 spiro atoms. The highest BCUT2D eigenvalue weighted by Crippen LogP contribution is 2.18. The second kappa shape index (κ2) is 3.82. The van der Waals surface area contributed by atoms with Crippen LogP contribution in [0.3, 0.4) is 0 Å². The number of hydrogen-bond donors (Lipinski definition) is 0. The molecule has 6 heteroatoms. The standard InChI is InChI=1S/C9H9N3O2S/c1-12-4-3-10-9(12)8(13)6-5-7(14-2)11-15-6/h3-5H,1-2H3. The van der Waals surface area contributed by atoms with Crippen LogP contribution in [-0.4, -0.2) is 26.8 Å². The van der Waals surface area contributed by atoms with Gasteiger partial charge in [0.25, 0.3) is 0 Å². The first kappa shape index (κ1) is 9.85. The van der Waals surface area contributed by atoms with E-state index in [0.717, 1.165) is 11.5 Å². The van der Waals surface area contributed by atoms with Crippen molar-refractivity contribution < 1.29 is 9.53 Å². The molecule has 2 aromatic heterocycles. The highest BCUT2D eigenvalue weighted by atomic mass is 32.1. The minimum absolute atomic E-state index is 0.136. The first-order chi connectivity index (χ1) is 7.22. The lowest BCUT2D eigenvalue weighted by Crippen LogP contribution is -2.06. The van der Waals surface area contributed by atoms with Gasteiger partial charge in [0.1, 0.15) is 4.88 Å². The Labute approximate surface area is 90.5 Å². The van der Waals surface area contributed by atoms with Crippen LogP contribution in [0.25, 0.3) is 0 Å². The molecule has 0 bridgehead atoms. The Morgan fingerprint density at radius 3 is 2.93 bits per heavy atom. The minimum atomic E-state index is -0.136. The summed E-state index contributed by atoms with van der Waals surface area (Å²) in [5.41, 5.74) is 0. The summed E-state index contributed by atoms with van der Waals surface area (Å²) in [4.78, 5) is 16.4. The number of nitrogens with zero attached hydrogens (tertiary/aromatic N) is 3. The summed E-state index contributed by atoms with van der Waals surface area (Å²) in [5, 5.41) is 0.